The van der Waals surface area contributed by atoms with Gasteiger partial charge in [0.15, 0.2) is 0 Å². The molecule has 0 radical (unpaired) electrons. The Labute approximate surface area is 150 Å². The Morgan fingerprint density at radius 3 is 2.62 bits per heavy atom. The van der Waals surface area contributed by atoms with Crippen LogP contribution in [-0.4, -0.2) is 63.6 Å². The second-order valence-electron chi connectivity index (χ2n) is 6.59. The highest BCUT2D eigenvalue weighted by atomic mass is 16.2. The van der Waals surface area contributed by atoms with Crippen molar-refractivity contribution in [1.82, 2.24) is 30.6 Å². The van der Waals surface area contributed by atoms with E-state index >= 15 is 0 Å². The first kappa shape index (κ1) is 17.9. The largest absolute Gasteiger partial charge is 0.349 e. The van der Waals surface area contributed by atoms with Crippen LogP contribution in [0.2, 0.25) is 0 Å². The number of urea groups is 1. The molecule has 2 fully saturated rings. The lowest BCUT2D eigenvalue weighted by molar-refractivity contribution is -0.132. The highest BCUT2D eigenvalue weighted by Crippen LogP contribution is 2.14. The lowest BCUT2D eigenvalue weighted by Gasteiger charge is -2.32. The SMILES string of the molecule is Cn1cc(C(=O)NC2CCN(C(=O)CC[C@@H]3NC(=O)NC3=O)CC2)cn1. The molecule has 3 N–H and O–H groups in total. The monoisotopic (exact) mass is 362 g/mol. The topological polar surface area (TPSA) is 125 Å². The standard InChI is InChI=1S/C16H22N6O4/c1-21-9-10(8-17-21)14(24)18-11-4-6-22(7-5-11)13(23)3-2-12-15(25)20-16(26)19-12/h8-9,11-12H,2-7H2,1H3,(H,18,24)(H2,19,20,25,26)/t12-/m0/s1. The average molecular weight is 362 g/mol. The molecule has 3 rings (SSSR count). The molecule has 10 nitrogen and oxygen atoms in total. The Balaban J connectivity index is 1.40. The molecule has 0 unspecified atom stereocenters. The van der Waals surface area contributed by atoms with E-state index in [0.29, 0.717) is 31.5 Å². The number of carbonyl (C=O) groups excluding carboxylic acids is 4. The third kappa shape index (κ3) is 4.19. The van der Waals surface area contributed by atoms with Crippen LogP contribution in [0.25, 0.3) is 0 Å². The number of hydrogen-bond donors (Lipinski definition) is 3. The Hall–Kier alpha value is -2.91. The molecule has 5 amide bonds. The van der Waals surface area contributed by atoms with Crippen molar-refractivity contribution < 1.29 is 19.2 Å². The first-order valence-electron chi connectivity index (χ1n) is 8.61. The van der Waals surface area contributed by atoms with Crippen LogP contribution in [0.3, 0.4) is 0 Å². The van der Waals surface area contributed by atoms with Gasteiger partial charge < -0.3 is 15.5 Å². The highest BCUT2D eigenvalue weighted by Gasteiger charge is 2.31. The number of aromatic nitrogens is 2. The number of rotatable bonds is 5. The molecule has 0 bridgehead atoms. The van der Waals surface area contributed by atoms with Crippen LogP contribution in [0.5, 0.6) is 0 Å². The van der Waals surface area contributed by atoms with E-state index in [9.17, 15) is 19.2 Å². The molecule has 2 aliphatic rings. The normalized spacial score (nSPS) is 20.7. The number of likely N-dealkylation sites (tertiary alicyclic amines) is 1. The molecule has 0 spiro atoms. The number of amides is 5. The van der Waals surface area contributed by atoms with E-state index in [0.717, 1.165) is 0 Å². The Bertz CT molecular complexity index is 722. The second kappa shape index (κ2) is 7.54. The van der Waals surface area contributed by atoms with Crippen LogP contribution in [-0.2, 0) is 16.6 Å². The van der Waals surface area contributed by atoms with Gasteiger partial charge in [-0.3, -0.25) is 24.4 Å². The van der Waals surface area contributed by atoms with Gasteiger partial charge in [-0.05, 0) is 19.3 Å². The van der Waals surface area contributed by atoms with Gasteiger partial charge in [0.25, 0.3) is 11.8 Å². The Morgan fingerprint density at radius 2 is 2.04 bits per heavy atom. The molecule has 2 aliphatic heterocycles. The van der Waals surface area contributed by atoms with Gasteiger partial charge in [-0.1, -0.05) is 0 Å². The summed E-state index contributed by atoms with van der Waals surface area (Å²) < 4.78 is 1.57. The summed E-state index contributed by atoms with van der Waals surface area (Å²) in [7, 11) is 1.75. The third-order valence-corrected chi connectivity index (χ3v) is 4.66. The molecule has 140 valence electrons. The molecular formula is C16H22N6O4. The lowest BCUT2D eigenvalue weighted by Crippen LogP contribution is -2.46. The van der Waals surface area contributed by atoms with Crippen LogP contribution in [0.4, 0.5) is 4.79 Å². The predicted molar refractivity (Wildman–Crippen MR) is 90.0 cm³/mol. The number of imide groups is 1. The Kier molecular flexibility index (Phi) is 5.19. The van der Waals surface area contributed by atoms with Crippen molar-refractivity contribution in [3.8, 4) is 0 Å². The molecule has 1 atom stereocenters. The second-order valence-corrected chi connectivity index (χ2v) is 6.59. The fourth-order valence-corrected chi connectivity index (χ4v) is 3.17. The van der Waals surface area contributed by atoms with Crippen molar-refractivity contribution >= 4 is 23.8 Å². The van der Waals surface area contributed by atoms with Crippen LogP contribution >= 0.6 is 0 Å². The molecule has 3 heterocycles. The fourth-order valence-electron chi connectivity index (χ4n) is 3.17. The van der Waals surface area contributed by atoms with Gasteiger partial charge in [0.2, 0.25) is 5.91 Å². The van der Waals surface area contributed by atoms with Crippen LogP contribution in [0.15, 0.2) is 12.4 Å². The van der Waals surface area contributed by atoms with Crippen molar-refractivity contribution in [2.24, 2.45) is 7.05 Å². The summed E-state index contributed by atoms with van der Waals surface area (Å²) in [4.78, 5) is 48.7. The fraction of sp³-hybridized carbons (Fsp3) is 0.562. The number of carbonyl (C=O) groups is 4. The maximum Gasteiger partial charge on any atom is 0.322 e. The molecule has 1 aromatic heterocycles. The van der Waals surface area contributed by atoms with Crippen LogP contribution in [0.1, 0.15) is 36.0 Å². The first-order valence-corrected chi connectivity index (χ1v) is 8.61. The number of nitrogens with zero attached hydrogens (tertiary/aromatic N) is 3. The van der Waals surface area contributed by atoms with Crippen molar-refractivity contribution in [2.45, 2.75) is 37.8 Å². The maximum absolute atomic E-state index is 12.3. The summed E-state index contributed by atoms with van der Waals surface area (Å²) in [6, 6.07) is -1.13. The van der Waals surface area contributed by atoms with Crippen LogP contribution < -0.4 is 16.0 Å². The summed E-state index contributed by atoms with van der Waals surface area (Å²) in [6.45, 7) is 1.11. The molecular weight excluding hydrogens is 340 g/mol. The van der Waals surface area contributed by atoms with Crippen molar-refractivity contribution in [3.63, 3.8) is 0 Å². The minimum Gasteiger partial charge on any atom is -0.349 e. The van der Waals surface area contributed by atoms with E-state index in [1.807, 2.05) is 0 Å². The molecule has 0 aliphatic carbocycles. The van der Waals surface area contributed by atoms with Crippen molar-refractivity contribution in [3.05, 3.63) is 18.0 Å². The van der Waals surface area contributed by atoms with E-state index in [-0.39, 0.29) is 36.6 Å². The third-order valence-electron chi connectivity index (χ3n) is 4.66. The van der Waals surface area contributed by atoms with Gasteiger partial charge >= 0.3 is 6.03 Å². The van der Waals surface area contributed by atoms with Crippen molar-refractivity contribution in [1.29, 1.82) is 0 Å². The summed E-state index contributed by atoms with van der Waals surface area (Å²) in [6.07, 6.45) is 5.02. The number of piperidine rings is 1. The minimum atomic E-state index is -0.636. The maximum atomic E-state index is 12.3. The summed E-state index contributed by atoms with van der Waals surface area (Å²) >= 11 is 0. The number of hydrogen-bond acceptors (Lipinski definition) is 5. The van der Waals surface area contributed by atoms with Crippen molar-refractivity contribution in [2.75, 3.05) is 13.1 Å². The minimum absolute atomic E-state index is 0.0201. The van der Waals surface area contributed by atoms with E-state index < -0.39 is 12.1 Å². The van der Waals surface area contributed by atoms with Crippen LogP contribution in [0, 0.1) is 0 Å². The smallest absolute Gasteiger partial charge is 0.322 e. The van der Waals surface area contributed by atoms with E-state index in [1.165, 1.54) is 6.20 Å². The molecule has 0 aromatic carbocycles. The molecule has 26 heavy (non-hydrogen) atoms. The molecule has 10 heteroatoms. The summed E-state index contributed by atoms with van der Waals surface area (Å²) in [5.74, 6) is -0.596. The summed E-state index contributed by atoms with van der Waals surface area (Å²) in [5, 5.41) is 11.6. The zero-order valence-electron chi connectivity index (χ0n) is 14.5. The number of nitrogens with one attached hydrogen (secondary N) is 3. The van der Waals surface area contributed by atoms with Gasteiger partial charge in [0, 0.05) is 38.8 Å². The van der Waals surface area contributed by atoms with Gasteiger partial charge in [0.05, 0.1) is 11.8 Å². The highest BCUT2D eigenvalue weighted by molar-refractivity contribution is 6.04. The molecule has 2 saturated heterocycles. The lowest BCUT2D eigenvalue weighted by atomic mass is 10.0. The van der Waals surface area contributed by atoms with Gasteiger partial charge in [-0.15, -0.1) is 0 Å². The zero-order valence-corrected chi connectivity index (χ0v) is 14.5. The summed E-state index contributed by atoms with van der Waals surface area (Å²) in [5.41, 5.74) is 0.517. The van der Waals surface area contributed by atoms with E-state index in [4.69, 9.17) is 0 Å². The van der Waals surface area contributed by atoms with Gasteiger partial charge in [0.1, 0.15) is 6.04 Å². The predicted octanol–water partition coefficient (Wildman–Crippen LogP) is -0.871. The average Bonchev–Trinajstić information content (AvgIpc) is 3.18. The van der Waals surface area contributed by atoms with E-state index in [1.54, 1.807) is 22.8 Å². The van der Waals surface area contributed by atoms with Gasteiger partial charge in [-0.25, -0.2) is 4.79 Å². The molecule has 0 saturated carbocycles. The quantitative estimate of drug-likeness (QED) is 0.587. The molecule has 1 aromatic rings. The zero-order chi connectivity index (χ0) is 18.7. The van der Waals surface area contributed by atoms with E-state index in [2.05, 4.69) is 21.0 Å². The Morgan fingerprint density at radius 1 is 1.31 bits per heavy atom. The number of aryl methyl sites for hydroxylation is 1. The first-order chi connectivity index (χ1) is 12.4. The van der Waals surface area contributed by atoms with Gasteiger partial charge in [-0.2, -0.15) is 5.10 Å².